The zero-order valence-electron chi connectivity index (χ0n) is 8.16. The molecule has 0 saturated carbocycles. The molecule has 13 heavy (non-hydrogen) atoms. The molecule has 2 nitrogen and oxygen atoms in total. The molecule has 0 bridgehead atoms. The Morgan fingerprint density at radius 3 is 2.38 bits per heavy atom. The van der Waals surface area contributed by atoms with Crippen LogP contribution in [0, 0.1) is 0 Å². The highest BCUT2D eigenvalue weighted by Gasteiger charge is 1.98. The highest BCUT2D eigenvalue weighted by atomic mass is 16.4. The number of rotatable bonds is 4. The van der Waals surface area contributed by atoms with Gasteiger partial charge in [-0.15, -0.1) is 0 Å². The zero-order chi connectivity index (χ0) is 9.68. The first-order chi connectivity index (χ1) is 6.22. The molecular formula is C10H15BO2. The van der Waals surface area contributed by atoms with Crippen molar-refractivity contribution in [3.63, 3.8) is 0 Å². The molecule has 0 aliphatic heterocycles. The number of benzene rings is 1. The lowest BCUT2D eigenvalue weighted by Crippen LogP contribution is -2.20. The third-order valence-electron chi connectivity index (χ3n) is 1.79. The van der Waals surface area contributed by atoms with E-state index in [1.807, 2.05) is 38.1 Å². The van der Waals surface area contributed by atoms with Crippen molar-refractivity contribution in [1.29, 1.82) is 0 Å². The smallest absolute Gasteiger partial charge is 0.308 e. The fourth-order valence-electron chi connectivity index (χ4n) is 1.00. The minimum Gasteiger partial charge on any atom is -0.432 e. The van der Waals surface area contributed by atoms with Gasteiger partial charge in [-0.3, -0.25) is 0 Å². The predicted octanol–water partition coefficient (Wildman–Crippen LogP) is 0.581. The molecule has 0 saturated heterocycles. The second kappa shape index (κ2) is 5.05. The van der Waals surface area contributed by atoms with Gasteiger partial charge in [0.15, 0.2) is 0 Å². The monoisotopic (exact) mass is 178 g/mol. The lowest BCUT2D eigenvalue weighted by Gasteiger charge is -2.06. The summed E-state index contributed by atoms with van der Waals surface area (Å²) in [6, 6.07) is 7.79. The van der Waals surface area contributed by atoms with Crippen LogP contribution in [0.1, 0.15) is 19.4 Å². The van der Waals surface area contributed by atoms with E-state index in [9.17, 15) is 0 Å². The Bertz CT molecular complexity index is 244. The van der Waals surface area contributed by atoms with E-state index in [0.717, 1.165) is 11.0 Å². The Morgan fingerprint density at radius 2 is 1.92 bits per heavy atom. The first kappa shape index (κ1) is 10.3. The molecule has 1 N–H and O–H groups in total. The standard InChI is InChI=1S/C10H15BO2/c1-8(2)13-11-10-5-3-9(7-12)4-6-10/h3-6,8,11-12H,7H2,1-2H3. The zero-order valence-corrected chi connectivity index (χ0v) is 8.16. The molecule has 0 spiro atoms. The van der Waals surface area contributed by atoms with Gasteiger partial charge in [0, 0.05) is 6.10 Å². The van der Waals surface area contributed by atoms with Gasteiger partial charge in [-0.2, -0.15) is 0 Å². The summed E-state index contributed by atoms with van der Waals surface area (Å²) in [5.74, 6) is 0. The van der Waals surface area contributed by atoms with Gasteiger partial charge in [0.2, 0.25) is 0 Å². The van der Waals surface area contributed by atoms with Gasteiger partial charge >= 0.3 is 7.48 Å². The van der Waals surface area contributed by atoms with Gasteiger partial charge in [-0.25, -0.2) is 0 Å². The molecule has 0 amide bonds. The van der Waals surface area contributed by atoms with Gasteiger partial charge in [0.1, 0.15) is 0 Å². The van der Waals surface area contributed by atoms with E-state index in [0.29, 0.717) is 7.48 Å². The molecule has 1 aromatic rings. The Morgan fingerprint density at radius 1 is 1.31 bits per heavy atom. The van der Waals surface area contributed by atoms with Gasteiger partial charge in [-0.1, -0.05) is 29.7 Å². The Balaban J connectivity index is 2.49. The van der Waals surface area contributed by atoms with E-state index in [-0.39, 0.29) is 12.7 Å². The third-order valence-corrected chi connectivity index (χ3v) is 1.79. The fraction of sp³-hybridized carbons (Fsp3) is 0.400. The summed E-state index contributed by atoms with van der Waals surface area (Å²) in [6.45, 7) is 4.13. The predicted molar refractivity (Wildman–Crippen MR) is 55.4 cm³/mol. The van der Waals surface area contributed by atoms with Crippen molar-refractivity contribution in [3.8, 4) is 0 Å². The average molecular weight is 178 g/mol. The fourth-order valence-corrected chi connectivity index (χ4v) is 1.00. The average Bonchev–Trinajstić information content (AvgIpc) is 2.15. The number of aliphatic hydroxyl groups excluding tert-OH is 1. The van der Waals surface area contributed by atoms with E-state index in [4.69, 9.17) is 9.76 Å². The topological polar surface area (TPSA) is 29.5 Å². The SMILES string of the molecule is CC(C)OBc1ccc(CO)cc1. The maximum absolute atomic E-state index is 8.82. The molecule has 0 aliphatic rings. The van der Waals surface area contributed by atoms with E-state index < -0.39 is 0 Å². The van der Waals surface area contributed by atoms with Crippen LogP contribution in [0.15, 0.2) is 24.3 Å². The molecule has 1 rings (SSSR count). The minimum absolute atomic E-state index is 0.102. The van der Waals surface area contributed by atoms with Crippen molar-refractivity contribution in [2.45, 2.75) is 26.6 Å². The van der Waals surface area contributed by atoms with Gasteiger partial charge in [0.05, 0.1) is 6.61 Å². The van der Waals surface area contributed by atoms with Crippen molar-refractivity contribution >= 4 is 12.9 Å². The summed E-state index contributed by atoms with van der Waals surface area (Å²) >= 11 is 0. The highest BCUT2D eigenvalue weighted by molar-refractivity contribution is 6.46. The molecule has 0 aliphatic carbocycles. The molecule has 1 aromatic carbocycles. The number of hydrogen-bond donors (Lipinski definition) is 1. The molecule has 3 heteroatoms. The third kappa shape index (κ3) is 3.62. The maximum Gasteiger partial charge on any atom is 0.308 e. The van der Waals surface area contributed by atoms with E-state index in [1.54, 1.807) is 0 Å². The molecule has 0 unspecified atom stereocenters. The van der Waals surface area contributed by atoms with Gasteiger partial charge in [-0.05, 0) is 19.4 Å². The summed E-state index contributed by atoms with van der Waals surface area (Å²) in [5, 5.41) is 8.82. The Labute approximate surface area is 79.8 Å². The van der Waals surface area contributed by atoms with Crippen LogP contribution in [0.25, 0.3) is 0 Å². The first-order valence-corrected chi connectivity index (χ1v) is 4.52. The molecule has 70 valence electrons. The summed E-state index contributed by atoms with van der Waals surface area (Å²) in [5.41, 5.74) is 2.08. The van der Waals surface area contributed by atoms with Crippen LogP contribution in [-0.2, 0) is 11.3 Å². The van der Waals surface area contributed by atoms with Crippen LogP contribution >= 0.6 is 0 Å². The lowest BCUT2D eigenvalue weighted by molar-refractivity contribution is 0.260. The van der Waals surface area contributed by atoms with Crippen molar-refractivity contribution in [2.75, 3.05) is 0 Å². The number of hydrogen-bond acceptors (Lipinski definition) is 2. The van der Waals surface area contributed by atoms with E-state index in [1.165, 1.54) is 0 Å². The van der Waals surface area contributed by atoms with Gasteiger partial charge in [0.25, 0.3) is 0 Å². The van der Waals surface area contributed by atoms with Crippen molar-refractivity contribution < 1.29 is 9.76 Å². The summed E-state index contributed by atoms with van der Waals surface area (Å²) in [7, 11) is 0.642. The molecule has 0 atom stereocenters. The van der Waals surface area contributed by atoms with Crippen LogP contribution in [0.2, 0.25) is 0 Å². The van der Waals surface area contributed by atoms with Crippen LogP contribution < -0.4 is 5.46 Å². The normalized spacial score (nSPS) is 10.5. The molecule has 0 heterocycles. The van der Waals surface area contributed by atoms with Crippen LogP contribution in [-0.4, -0.2) is 18.7 Å². The van der Waals surface area contributed by atoms with Crippen molar-refractivity contribution in [1.82, 2.24) is 0 Å². The highest BCUT2D eigenvalue weighted by Crippen LogP contribution is 1.95. The summed E-state index contributed by atoms with van der Waals surface area (Å²) in [6.07, 6.45) is 0.262. The van der Waals surface area contributed by atoms with E-state index in [2.05, 4.69) is 0 Å². The summed E-state index contributed by atoms with van der Waals surface area (Å²) < 4.78 is 5.44. The Kier molecular flexibility index (Phi) is 3.99. The van der Waals surface area contributed by atoms with Crippen molar-refractivity contribution in [2.24, 2.45) is 0 Å². The first-order valence-electron chi connectivity index (χ1n) is 4.52. The van der Waals surface area contributed by atoms with Crippen LogP contribution in [0.5, 0.6) is 0 Å². The molecular weight excluding hydrogens is 163 g/mol. The van der Waals surface area contributed by atoms with Crippen LogP contribution in [0.3, 0.4) is 0 Å². The van der Waals surface area contributed by atoms with Crippen molar-refractivity contribution in [3.05, 3.63) is 29.8 Å². The van der Waals surface area contributed by atoms with E-state index >= 15 is 0 Å². The van der Waals surface area contributed by atoms with Crippen LogP contribution in [0.4, 0.5) is 0 Å². The second-order valence-corrected chi connectivity index (χ2v) is 3.33. The minimum atomic E-state index is 0.102. The molecule has 0 radical (unpaired) electrons. The number of aliphatic hydroxyl groups is 1. The Hall–Kier alpha value is -0.795. The quantitative estimate of drug-likeness (QED) is 0.683. The largest absolute Gasteiger partial charge is 0.432 e. The van der Waals surface area contributed by atoms with Gasteiger partial charge < -0.3 is 9.76 Å². The molecule has 0 aromatic heterocycles. The lowest BCUT2D eigenvalue weighted by atomic mass is 9.87. The molecule has 0 fully saturated rings. The second-order valence-electron chi connectivity index (χ2n) is 3.33. The summed E-state index contributed by atoms with van der Waals surface area (Å²) in [4.78, 5) is 0. The maximum atomic E-state index is 8.82.